The maximum absolute atomic E-state index is 13.0. The van der Waals surface area contributed by atoms with Crippen LogP contribution < -0.4 is 25.4 Å². The molecule has 8 heteroatoms. The number of anilines is 2. The number of nitrogens with zero attached hydrogens (tertiary/aromatic N) is 1. The Morgan fingerprint density at radius 1 is 1.00 bits per heavy atom. The lowest BCUT2D eigenvalue weighted by Gasteiger charge is -2.20. The maximum Gasteiger partial charge on any atom is 0.259 e. The van der Waals surface area contributed by atoms with Crippen molar-refractivity contribution in [1.82, 2.24) is 0 Å². The normalized spacial score (nSPS) is 10.1. The number of benzene rings is 3. The fourth-order valence-corrected chi connectivity index (χ4v) is 3.41. The summed E-state index contributed by atoms with van der Waals surface area (Å²) in [5.41, 5.74) is 8.64. The van der Waals surface area contributed by atoms with E-state index in [4.69, 9.17) is 15.2 Å². The first-order valence-electron chi connectivity index (χ1n) is 10.7. The summed E-state index contributed by atoms with van der Waals surface area (Å²) in [4.78, 5) is 27.6. The minimum Gasteiger partial charge on any atom is -0.495 e. The van der Waals surface area contributed by atoms with Gasteiger partial charge >= 0.3 is 0 Å². The summed E-state index contributed by atoms with van der Waals surface area (Å²) in [5.74, 6) is 0.342. The highest BCUT2D eigenvalue weighted by molar-refractivity contribution is 6.09. The highest BCUT2D eigenvalue weighted by Crippen LogP contribution is 2.29. The van der Waals surface area contributed by atoms with Crippen LogP contribution >= 0.6 is 12.4 Å². The molecule has 0 aromatic heterocycles. The number of hydrogen-bond acceptors (Lipinski definition) is 5. The molecule has 0 saturated carbocycles. The van der Waals surface area contributed by atoms with Crippen molar-refractivity contribution in [3.05, 3.63) is 83.4 Å². The van der Waals surface area contributed by atoms with Crippen LogP contribution in [-0.4, -0.2) is 39.1 Å². The van der Waals surface area contributed by atoms with Gasteiger partial charge in [0.1, 0.15) is 11.5 Å². The predicted molar refractivity (Wildman–Crippen MR) is 138 cm³/mol. The smallest absolute Gasteiger partial charge is 0.259 e. The minimum atomic E-state index is -0.340. The molecule has 0 heterocycles. The quantitative estimate of drug-likeness (QED) is 0.431. The lowest BCUT2D eigenvalue weighted by molar-refractivity contribution is 0.0991. The first-order valence-corrected chi connectivity index (χ1v) is 10.7. The van der Waals surface area contributed by atoms with E-state index in [9.17, 15) is 9.59 Å². The van der Waals surface area contributed by atoms with Crippen molar-refractivity contribution in [2.75, 3.05) is 37.5 Å². The molecule has 0 saturated heterocycles. The molecular weight excluding hydrogens is 454 g/mol. The van der Waals surface area contributed by atoms with Crippen LogP contribution in [0.3, 0.4) is 0 Å². The van der Waals surface area contributed by atoms with Gasteiger partial charge in [0, 0.05) is 18.3 Å². The van der Waals surface area contributed by atoms with Crippen LogP contribution in [0, 0.1) is 6.92 Å². The topological polar surface area (TPSA) is 93.9 Å². The zero-order valence-electron chi connectivity index (χ0n) is 19.5. The SMILES string of the molecule is COc1cc(C(=O)N(C)c2ccccc2C)ccc1NC(=O)c1ccccc1OCCCN.Cl. The summed E-state index contributed by atoms with van der Waals surface area (Å²) in [6, 6.07) is 19.6. The standard InChI is InChI=1S/C26H29N3O4.ClH/c1-18-9-4-6-11-22(18)29(2)26(31)19-13-14-21(24(17-19)32-3)28-25(30)20-10-5-7-12-23(20)33-16-8-15-27;/h4-7,9-14,17H,8,15-16,27H2,1-3H3,(H,28,30);1H. The third-order valence-corrected chi connectivity index (χ3v) is 5.22. The number of halogens is 1. The summed E-state index contributed by atoms with van der Waals surface area (Å²) in [6.45, 7) is 2.89. The van der Waals surface area contributed by atoms with Crippen molar-refractivity contribution >= 4 is 35.6 Å². The molecule has 0 atom stereocenters. The van der Waals surface area contributed by atoms with Gasteiger partial charge in [-0.1, -0.05) is 30.3 Å². The van der Waals surface area contributed by atoms with Gasteiger partial charge in [0.05, 0.1) is 25.0 Å². The van der Waals surface area contributed by atoms with Gasteiger partial charge in [-0.2, -0.15) is 0 Å². The third kappa shape index (κ3) is 6.27. The van der Waals surface area contributed by atoms with Gasteiger partial charge in [-0.05, 0) is 61.9 Å². The van der Waals surface area contributed by atoms with Crippen LogP contribution in [0.15, 0.2) is 66.7 Å². The van der Waals surface area contributed by atoms with E-state index in [1.54, 1.807) is 54.4 Å². The Hall–Kier alpha value is -3.55. The van der Waals surface area contributed by atoms with Gasteiger partial charge in [-0.25, -0.2) is 0 Å². The highest BCUT2D eigenvalue weighted by atomic mass is 35.5. The van der Waals surface area contributed by atoms with Crippen molar-refractivity contribution in [2.45, 2.75) is 13.3 Å². The van der Waals surface area contributed by atoms with E-state index in [0.717, 1.165) is 11.3 Å². The predicted octanol–water partition coefficient (Wildman–Crippen LogP) is 4.68. The summed E-state index contributed by atoms with van der Waals surface area (Å²) >= 11 is 0. The lowest BCUT2D eigenvalue weighted by Crippen LogP contribution is -2.27. The molecule has 2 amide bonds. The van der Waals surface area contributed by atoms with E-state index < -0.39 is 0 Å². The van der Waals surface area contributed by atoms with Crippen LogP contribution in [0.4, 0.5) is 11.4 Å². The van der Waals surface area contributed by atoms with Crippen molar-refractivity contribution in [1.29, 1.82) is 0 Å². The van der Waals surface area contributed by atoms with Crippen molar-refractivity contribution in [3.63, 3.8) is 0 Å². The van der Waals surface area contributed by atoms with Gasteiger partial charge < -0.3 is 25.4 Å². The van der Waals surface area contributed by atoms with Gasteiger partial charge in [-0.3, -0.25) is 9.59 Å². The second-order valence-corrected chi connectivity index (χ2v) is 7.51. The zero-order chi connectivity index (χ0) is 23.8. The molecule has 3 aromatic carbocycles. The first-order chi connectivity index (χ1) is 16.0. The molecule has 0 fully saturated rings. The molecule has 3 rings (SSSR count). The van der Waals surface area contributed by atoms with E-state index in [1.165, 1.54) is 7.11 Å². The number of aryl methyl sites for hydroxylation is 1. The molecule has 0 bridgehead atoms. The number of para-hydroxylation sites is 2. The number of nitrogens with one attached hydrogen (secondary N) is 1. The van der Waals surface area contributed by atoms with E-state index in [0.29, 0.717) is 47.9 Å². The van der Waals surface area contributed by atoms with E-state index in [-0.39, 0.29) is 24.2 Å². The van der Waals surface area contributed by atoms with Crippen LogP contribution in [0.1, 0.15) is 32.7 Å². The fraction of sp³-hybridized carbons (Fsp3) is 0.231. The molecule has 0 aliphatic rings. The summed E-state index contributed by atoms with van der Waals surface area (Å²) in [6.07, 6.45) is 0.691. The molecule has 7 nitrogen and oxygen atoms in total. The van der Waals surface area contributed by atoms with E-state index >= 15 is 0 Å². The average molecular weight is 484 g/mol. The summed E-state index contributed by atoms with van der Waals surface area (Å²) in [5, 5.41) is 2.85. The molecule has 34 heavy (non-hydrogen) atoms. The average Bonchev–Trinajstić information content (AvgIpc) is 2.84. The second-order valence-electron chi connectivity index (χ2n) is 7.51. The number of carbonyl (C=O) groups is 2. The Morgan fingerprint density at radius 2 is 1.71 bits per heavy atom. The molecule has 180 valence electrons. The monoisotopic (exact) mass is 483 g/mol. The Morgan fingerprint density at radius 3 is 2.41 bits per heavy atom. The van der Waals surface area contributed by atoms with E-state index in [2.05, 4.69) is 5.32 Å². The number of amides is 2. The summed E-state index contributed by atoms with van der Waals surface area (Å²) < 4.78 is 11.2. The van der Waals surface area contributed by atoms with Gasteiger partial charge in [0.25, 0.3) is 11.8 Å². The number of rotatable bonds is 9. The lowest BCUT2D eigenvalue weighted by atomic mass is 10.1. The number of nitrogens with two attached hydrogens (primary N) is 1. The molecule has 3 aromatic rings. The van der Waals surface area contributed by atoms with Crippen LogP contribution in [0.2, 0.25) is 0 Å². The van der Waals surface area contributed by atoms with Crippen molar-refractivity contribution < 1.29 is 19.1 Å². The zero-order valence-corrected chi connectivity index (χ0v) is 20.4. The number of ether oxygens (including phenoxy) is 2. The van der Waals surface area contributed by atoms with Crippen molar-refractivity contribution in [3.8, 4) is 11.5 Å². The van der Waals surface area contributed by atoms with Crippen molar-refractivity contribution in [2.24, 2.45) is 5.73 Å². The Labute approximate surface area is 206 Å². The van der Waals surface area contributed by atoms with Gasteiger partial charge in [0.15, 0.2) is 0 Å². The van der Waals surface area contributed by atoms with E-state index in [1.807, 2.05) is 31.2 Å². The first kappa shape index (κ1) is 26.7. The molecular formula is C26H30ClN3O4. The third-order valence-electron chi connectivity index (χ3n) is 5.22. The van der Waals surface area contributed by atoms with Crippen LogP contribution in [-0.2, 0) is 0 Å². The van der Waals surface area contributed by atoms with Gasteiger partial charge in [0.2, 0.25) is 0 Å². The Kier molecular flexibility index (Phi) is 9.92. The molecule has 0 aliphatic heterocycles. The van der Waals surface area contributed by atoms with Crippen LogP contribution in [0.5, 0.6) is 11.5 Å². The maximum atomic E-state index is 13.0. The fourth-order valence-electron chi connectivity index (χ4n) is 3.41. The molecule has 0 aliphatic carbocycles. The molecule has 3 N–H and O–H groups in total. The Balaban J connectivity index is 0.00000408. The minimum absolute atomic E-state index is 0. The molecule has 0 spiro atoms. The number of carbonyl (C=O) groups excluding carboxylic acids is 2. The second kappa shape index (κ2) is 12.6. The largest absolute Gasteiger partial charge is 0.495 e. The van der Waals surface area contributed by atoms with Crippen LogP contribution in [0.25, 0.3) is 0 Å². The number of methoxy groups -OCH3 is 1. The molecule has 0 radical (unpaired) electrons. The Bertz CT molecular complexity index is 1140. The summed E-state index contributed by atoms with van der Waals surface area (Å²) in [7, 11) is 3.22. The highest BCUT2D eigenvalue weighted by Gasteiger charge is 2.19. The number of hydrogen-bond donors (Lipinski definition) is 2. The molecule has 0 unspecified atom stereocenters. The van der Waals surface area contributed by atoms with Gasteiger partial charge in [-0.15, -0.1) is 12.4 Å².